The molecule has 6 heteroatoms. The van der Waals surface area contributed by atoms with Gasteiger partial charge in [0.05, 0.1) is 25.9 Å². The first-order valence-corrected chi connectivity index (χ1v) is 6.13. The van der Waals surface area contributed by atoms with Crippen LogP contribution in [0.25, 0.3) is 0 Å². The normalized spacial score (nSPS) is 24.3. The number of esters is 1. The Labute approximate surface area is 113 Å². The van der Waals surface area contributed by atoms with Crippen LogP contribution in [0.2, 0.25) is 0 Å². The predicted octanol–water partition coefficient (Wildman–Crippen LogP) is 0.274. The fourth-order valence-electron chi connectivity index (χ4n) is 1.95. The van der Waals surface area contributed by atoms with Gasteiger partial charge in [0.25, 0.3) is 0 Å². The molecule has 6 nitrogen and oxygen atoms in total. The first-order chi connectivity index (χ1) is 9.06. The van der Waals surface area contributed by atoms with Crippen molar-refractivity contribution in [3.05, 3.63) is 0 Å². The Balaban J connectivity index is 2.57. The third-order valence-corrected chi connectivity index (χ3v) is 2.57. The van der Waals surface area contributed by atoms with Gasteiger partial charge in [-0.15, -0.1) is 0 Å². The number of morpholine rings is 1. The van der Waals surface area contributed by atoms with E-state index < -0.39 is 5.97 Å². The van der Waals surface area contributed by atoms with E-state index in [4.69, 9.17) is 4.74 Å². The second kappa shape index (κ2) is 7.77. The number of carbonyl (C=O) groups is 1. The first-order valence-electron chi connectivity index (χ1n) is 6.13. The maximum absolute atomic E-state index is 11.3. The van der Waals surface area contributed by atoms with Crippen LogP contribution in [0, 0.1) is 11.8 Å². The highest BCUT2D eigenvalue weighted by molar-refractivity contribution is 6.43. The second-order valence-electron chi connectivity index (χ2n) is 4.37. The van der Waals surface area contributed by atoms with Crippen molar-refractivity contribution in [2.45, 2.75) is 26.1 Å². The van der Waals surface area contributed by atoms with Crippen molar-refractivity contribution in [3.63, 3.8) is 0 Å². The minimum Gasteiger partial charge on any atom is -0.464 e. The lowest BCUT2D eigenvalue weighted by atomic mass is 10.2. The lowest BCUT2D eigenvalue weighted by Gasteiger charge is -2.34. The summed E-state index contributed by atoms with van der Waals surface area (Å²) < 4.78 is 10.2. The standard InChI is InChI=1S/C13H20N2O4/c1-10-8-15(9-11(2)19-10)7-5-6-12(14-18-4)13(16)17-3/h10-11H,7-9H2,1-4H3/b14-12+. The summed E-state index contributed by atoms with van der Waals surface area (Å²) in [5.74, 6) is 4.97. The van der Waals surface area contributed by atoms with Gasteiger partial charge in [-0.05, 0) is 19.8 Å². The van der Waals surface area contributed by atoms with Gasteiger partial charge >= 0.3 is 5.97 Å². The number of hydrogen-bond acceptors (Lipinski definition) is 6. The number of rotatable bonds is 3. The predicted molar refractivity (Wildman–Crippen MR) is 70.7 cm³/mol. The maximum atomic E-state index is 11.3. The lowest BCUT2D eigenvalue weighted by Crippen LogP contribution is -2.45. The average Bonchev–Trinajstić information content (AvgIpc) is 2.35. The summed E-state index contributed by atoms with van der Waals surface area (Å²) in [7, 11) is 2.64. The quantitative estimate of drug-likeness (QED) is 0.318. The Morgan fingerprint density at radius 2 is 2.00 bits per heavy atom. The van der Waals surface area contributed by atoms with Crippen LogP contribution in [-0.4, -0.2) is 62.6 Å². The van der Waals surface area contributed by atoms with Crippen LogP contribution in [0.3, 0.4) is 0 Å². The number of hydrogen-bond donors (Lipinski definition) is 0. The molecule has 1 saturated heterocycles. The maximum Gasteiger partial charge on any atom is 0.368 e. The molecule has 1 aliphatic heterocycles. The molecule has 0 N–H and O–H groups in total. The van der Waals surface area contributed by atoms with Gasteiger partial charge in [0, 0.05) is 13.1 Å². The zero-order valence-corrected chi connectivity index (χ0v) is 11.8. The van der Waals surface area contributed by atoms with Crippen molar-refractivity contribution < 1.29 is 19.1 Å². The molecule has 0 spiro atoms. The second-order valence-corrected chi connectivity index (χ2v) is 4.37. The molecular weight excluding hydrogens is 248 g/mol. The minimum atomic E-state index is -0.599. The smallest absolute Gasteiger partial charge is 0.368 e. The average molecular weight is 268 g/mol. The lowest BCUT2D eigenvalue weighted by molar-refractivity contribution is -0.132. The summed E-state index contributed by atoms with van der Waals surface area (Å²) in [5.41, 5.74) is -0.0284. The van der Waals surface area contributed by atoms with Crippen LogP contribution in [0.1, 0.15) is 13.8 Å². The third kappa shape index (κ3) is 5.28. The fraction of sp³-hybridized carbons (Fsp3) is 0.692. The molecule has 106 valence electrons. The van der Waals surface area contributed by atoms with E-state index in [1.807, 2.05) is 13.8 Å². The van der Waals surface area contributed by atoms with Gasteiger partial charge in [0.2, 0.25) is 5.71 Å². The number of carbonyl (C=O) groups excluding carboxylic acids is 1. The molecule has 0 aromatic rings. The summed E-state index contributed by atoms with van der Waals surface area (Å²) >= 11 is 0. The highest BCUT2D eigenvalue weighted by Gasteiger charge is 2.21. The third-order valence-electron chi connectivity index (χ3n) is 2.57. The number of methoxy groups -OCH3 is 1. The van der Waals surface area contributed by atoms with Crippen molar-refractivity contribution in [1.29, 1.82) is 0 Å². The molecule has 1 fully saturated rings. The van der Waals surface area contributed by atoms with Gasteiger partial charge in [0.15, 0.2) is 0 Å². The van der Waals surface area contributed by atoms with Crippen molar-refractivity contribution in [1.82, 2.24) is 4.90 Å². The highest BCUT2D eigenvalue weighted by atomic mass is 16.6. The summed E-state index contributed by atoms with van der Waals surface area (Å²) in [6.45, 7) is 6.27. The molecule has 0 aromatic carbocycles. The summed E-state index contributed by atoms with van der Waals surface area (Å²) in [6.07, 6.45) is 0.386. The first kappa shape index (κ1) is 15.5. The summed E-state index contributed by atoms with van der Waals surface area (Å²) in [6, 6.07) is 0. The largest absolute Gasteiger partial charge is 0.464 e. The zero-order chi connectivity index (χ0) is 14.3. The van der Waals surface area contributed by atoms with Gasteiger partial charge in [-0.25, -0.2) is 4.79 Å². The minimum absolute atomic E-state index is 0.0284. The van der Waals surface area contributed by atoms with E-state index in [2.05, 4.69) is 31.5 Å². The van der Waals surface area contributed by atoms with Crippen molar-refractivity contribution >= 4 is 11.7 Å². The van der Waals surface area contributed by atoms with Gasteiger partial charge in [-0.1, -0.05) is 11.1 Å². The van der Waals surface area contributed by atoms with Crippen LogP contribution in [0.4, 0.5) is 0 Å². The molecule has 0 radical (unpaired) electrons. The van der Waals surface area contributed by atoms with E-state index in [0.29, 0.717) is 6.54 Å². The Bertz CT molecular complexity index is 387. The van der Waals surface area contributed by atoms with Crippen molar-refractivity contribution in [3.8, 4) is 11.8 Å². The molecule has 0 amide bonds. The monoisotopic (exact) mass is 268 g/mol. The van der Waals surface area contributed by atoms with Crippen molar-refractivity contribution in [2.24, 2.45) is 5.16 Å². The van der Waals surface area contributed by atoms with E-state index in [9.17, 15) is 4.79 Å². The van der Waals surface area contributed by atoms with Crippen LogP contribution >= 0.6 is 0 Å². The number of ether oxygens (including phenoxy) is 2. The van der Waals surface area contributed by atoms with Gasteiger partial charge in [-0.3, -0.25) is 4.90 Å². The van der Waals surface area contributed by atoms with Gasteiger partial charge in [0.1, 0.15) is 7.11 Å². The van der Waals surface area contributed by atoms with Crippen molar-refractivity contribution in [2.75, 3.05) is 33.9 Å². The Hall–Kier alpha value is -1.58. The highest BCUT2D eigenvalue weighted by Crippen LogP contribution is 2.09. The Morgan fingerprint density at radius 3 is 2.53 bits per heavy atom. The molecule has 2 unspecified atom stereocenters. The summed E-state index contributed by atoms with van der Waals surface area (Å²) in [5, 5.41) is 3.53. The SMILES string of the molecule is CO/N=C(\C#CCN1CC(C)OC(C)C1)C(=O)OC. The molecule has 0 saturated carbocycles. The molecule has 0 aromatic heterocycles. The Kier molecular flexibility index (Phi) is 6.33. The van der Waals surface area contributed by atoms with E-state index in [1.54, 1.807) is 0 Å². The molecule has 1 heterocycles. The van der Waals surface area contributed by atoms with Crippen LogP contribution in [-0.2, 0) is 19.1 Å². The molecule has 0 bridgehead atoms. The molecule has 1 rings (SSSR count). The number of oxime groups is 1. The number of nitrogens with zero attached hydrogens (tertiary/aromatic N) is 2. The molecule has 2 atom stereocenters. The zero-order valence-electron chi connectivity index (χ0n) is 11.8. The molecule has 19 heavy (non-hydrogen) atoms. The van der Waals surface area contributed by atoms with Crippen LogP contribution < -0.4 is 0 Å². The van der Waals surface area contributed by atoms with E-state index in [-0.39, 0.29) is 17.9 Å². The topological polar surface area (TPSA) is 60.4 Å². The molecular formula is C13H20N2O4. The molecule has 0 aliphatic carbocycles. The van der Waals surface area contributed by atoms with E-state index >= 15 is 0 Å². The van der Waals surface area contributed by atoms with Crippen LogP contribution in [0.5, 0.6) is 0 Å². The van der Waals surface area contributed by atoms with E-state index in [0.717, 1.165) is 13.1 Å². The summed E-state index contributed by atoms with van der Waals surface area (Å²) in [4.78, 5) is 18.0. The van der Waals surface area contributed by atoms with E-state index in [1.165, 1.54) is 14.2 Å². The van der Waals surface area contributed by atoms with Gasteiger partial charge in [-0.2, -0.15) is 0 Å². The fourth-order valence-corrected chi connectivity index (χ4v) is 1.95. The van der Waals surface area contributed by atoms with Gasteiger partial charge < -0.3 is 14.3 Å². The Morgan fingerprint density at radius 1 is 1.37 bits per heavy atom. The van der Waals surface area contributed by atoms with Crippen LogP contribution in [0.15, 0.2) is 5.16 Å². The molecule has 1 aliphatic rings.